The third-order valence-corrected chi connectivity index (χ3v) is 6.75. The van der Waals surface area contributed by atoms with E-state index in [9.17, 15) is 28.9 Å². The summed E-state index contributed by atoms with van der Waals surface area (Å²) in [6.07, 6.45) is 0. The fraction of sp³-hybridized carbons (Fsp3) is 0.130. The van der Waals surface area contributed by atoms with E-state index < -0.39 is 34.1 Å². The monoisotopic (exact) mass is 495 g/mol. The van der Waals surface area contributed by atoms with Gasteiger partial charge in [-0.2, -0.15) is 0 Å². The largest absolute Gasteiger partial charge is 0.465 e. The van der Waals surface area contributed by atoms with Gasteiger partial charge in [0.25, 0.3) is 11.6 Å². The molecule has 0 saturated carbocycles. The SMILES string of the molecule is COC(=O)c1sc(N2C(=O)c3oc4ccc(F)cc4c(=O)c3C2c2ccc([N+](=O)[O-])cc2)nc1C. The number of halogens is 1. The Morgan fingerprint density at radius 3 is 2.60 bits per heavy atom. The number of hydrogen-bond acceptors (Lipinski definition) is 9. The van der Waals surface area contributed by atoms with Crippen LogP contribution in [0.4, 0.5) is 15.2 Å². The Labute approximate surface area is 199 Å². The first-order valence-corrected chi connectivity index (χ1v) is 10.9. The Kier molecular flexibility index (Phi) is 5.17. The Hall–Kier alpha value is -4.45. The quantitative estimate of drug-likeness (QED) is 0.234. The lowest BCUT2D eigenvalue weighted by atomic mass is 9.98. The molecule has 35 heavy (non-hydrogen) atoms. The van der Waals surface area contributed by atoms with Crippen molar-refractivity contribution in [2.24, 2.45) is 0 Å². The number of methoxy groups -OCH3 is 1. The number of nitrogens with zero attached hydrogens (tertiary/aromatic N) is 3. The van der Waals surface area contributed by atoms with E-state index in [1.54, 1.807) is 6.92 Å². The fourth-order valence-corrected chi connectivity index (χ4v) is 5.02. The number of aryl methyl sites for hydroxylation is 1. The highest BCUT2D eigenvalue weighted by atomic mass is 32.1. The number of carbonyl (C=O) groups is 2. The van der Waals surface area contributed by atoms with E-state index in [4.69, 9.17) is 9.15 Å². The van der Waals surface area contributed by atoms with Crippen LogP contribution in [0.15, 0.2) is 51.7 Å². The molecule has 1 unspecified atom stereocenters. The van der Waals surface area contributed by atoms with Crippen molar-refractivity contribution in [3.8, 4) is 0 Å². The first-order chi connectivity index (χ1) is 16.7. The Morgan fingerprint density at radius 1 is 1.23 bits per heavy atom. The minimum Gasteiger partial charge on any atom is -0.465 e. The molecule has 3 heterocycles. The number of amides is 1. The second-order valence-electron chi connectivity index (χ2n) is 7.64. The van der Waals surface area contributed by atoms with Crippen LogP contribution in [0.3, 0.4) is 0 Å². The van der Waals surface area contributed by atoms with Crippen molar-refractivity contribution in [2.45, 2.75) is 13.0 Å². The molecule has 5 rings (SSSR count). The summed E-state index contributed by atoms with van der Waals surface area (Å²) >= 11 is 0.890. The Balaban J connectivity index is 1.77. The van der Waals surface area contributed by atoms with Gasteiger partial charge in [-0.15, -0.1) is 0 Å². The third-order valence-electron chi connectivity index (χ3n) is 5.61. The number of anilines is 1. The predicted octanol–water partition coefficient (Wildman–Crippen LogP) is 4.14. The highest BCUT2D eigenvalue weighted by molar-refractivity contribution is 7.17. The average Bonchev–Trinajstić information content (AvgIpc) is 3.36. The van der Waals surface area contributed by atoms with E-state index in [-0.39, 0.29) is 38.0 Å². The maximum Gasteiger partial charge on any atom is 0.350 e. The van der Waals surface area contributed by atoms with Crippen LogP contribution in [-0.2, 0) is 4.74 Å². The van der Waals surface area contributed by atoms with Crippen LogP contribution in [0, 0.1) is 22.9 Å². The summed E-state index contributed by atoms with van der Waals surface area (Å²) in [7, 11) is 1.21. The Morgan fingerprint density at radius 2 is 1.94 bits per heavy atom. The maximum absolute atomic E-state index is 13.9. The van der Waals surface area contributed by atoms with Crippen molar-refractivity contribution in [1.29, 1.82) is 0 Å². The van der Waals surface area contributed by atoms with Crippen LogP contribution in [0.25, 0.3) is 11.0 Å². The van der Waals surface area contributed by atoms with Gasteiger partial charge in [0, 0.05) is 12.1 Å². The Bertz CT molecular complexity index is 1610. The standard InChI is InChI=1S/C23H14FN3O7S/c1-10-20(22(30)33-2)35-23(25-10)26-17(11-3-6-13(7-4-11)27(31)32)16-18(28)14-9-12(24)5-8-15(14)34-19(16)21(26)29/h3-9,17H,1-2H3. The van der Waals surface area contributed by atoms with E-state index in [1.807, 2.05) is 0 Å². The second kappa shape index (κ2) is 8.09. The molecule has 1 amide bonds. The normalized spacial score (nSPS) is 14.9. The fourth-order valence-electron chi connectivity index (χ4n) is 4.00. The zero-order valence-corrected chi connectivity index (χ0v) is 18.9. The number of non-ortho nitro benzene ring substituents is 1. The molecule has 176 valence electrons. The van der Waals surface area contributed by atoms with Gasteiger partial charge in [0.2, 0.25) is 5.76 Å². The van der Waals surface area contributed by atoms with E-state index in [1.165, 1.54) is 42.3 Å². The van der Waals surface area contributed by atoms with Crippen LogP contribution < -0.4 is 10.3 Å². The van der Waals surface area contributed by atoms with Gasteiger partial charge >= 0.3 is 5.97 Å². The van der Waals surface area contributed by atoms with E-state index >= 15 is 0 Å². The lowest BCUT2D eigenvalue weighted by Gasteiger charge is -2.22. The smallest absolute Gasteiger partial charge is 0.350 e. The molecular weight excluding hydrogens is 481 g/mol. The van der Waals surface area contributed by atoms with Crippen molar-refractivity contribution in [3.05, 3.63) is 96.1 Å². The van der Waals surface area contributed by atoms with Crippen LogP contribution in [-0.4, -0.2) is 28.9 Å². The van der Waals surface area contributed by atoms with Gasteiger partial charge in [-0.1, -0.05) is 11.3 Å². The number of ether oxygens (including phenoxy) is 1. The summed E-state index contributed by atoms with van der Waals surface area (Å²) in [4.78, 5) is 55.4. The van der Waals surface area contributed by atoms with Gasteiger partial charge in [0.1, 0.15) is 16.3 Å². The zero-order chi connectivity index (χ0) is 25.0. The summed E-state index contributed by atoms with van der Waals surface area (Å²) in [6, 6.07) is 7.60. The van der Waals surface area contributed by atoms with Gasteiger partial charge < -0.3 is 9.15 Å². The molecule has 0 N–H and O–H groups in total. The van der Waals surface area contributed by atoms with Crippen molar-refractivity contribution >= 4 is 45.0 Å². The highest BCUT2D eigenvalue weighted by Crippen LogP contribution is 2.43. The van der Waals surface area contributed by atoms with Crippen molar-refractivity contribution in [3.63, 3.8) is 0 Å². The molecule has 2 aromatic carbocycles. The number of aromatic nitrogens is 1. The number of nitro groups is 1. The molecule has 12 heteroatoms. The number of fused-ring (bicyclic) bond motifs is 2. The maximum atomic E-state index is 13.9. The lowest BCUT2D eigenvalue weighted by Crippen LogP contribution is -2.29. The molecule has 0 saturated heterocycles. The van der Waals surface area contributed by atoms with Crippen molar-refractivity contribution in [1.82, 2.24) is 4.98 Å². The van der Waals surface area contributed by atoms with Gasteiger partial charge in [-0.05, 0) is 42.8 Å². The van der Waals surface area contributed by atoms with E-state index in [0.29, 0.717) is 11.3 Å². The number of benzene rings is 2. The molecule has 1 aliphatic rings. The van der Waals surface area contributed by atoms with Crippen LogP contribution in [0.2, 0.25) is 0 Å². The van der Waals surface area contributed by atoms with Crippen LogP contribution in [0.5, 0.6) is 0 Å². The van der Waals surface area contributed by atoms with Gasteiger partial charge in [0.15, 0.2) is 10.6 Å². The molecule has 1 aliphatic heterocycles. The topological polar surface area (TPSA) is 133 Å². The summed E-state index contributed by atoms with van der Waals surface area (Å²) in [5.41, 5.74) is -0.169. The van der Waals surface area contributed by atoms with E-state index in [2.05, 4.69) is 4.98 Å². The van der Waals surface area contributed by atoms with Crippen molar-refractivity contribution in [2.75, 3.05) is 12.0 Å². The minimum atomic E-state index is -1.08. The summed E-state index contributed by atoms with van der Waals surface area (Å²) in [6.45, 7) is 1.57. The molecule has 0 bridgehead atoms. The lowest BCUT2D eigenvalue weighted by molar-refractivity contribution is -0.384. The zero-order valence-electron chi connectivity index (χ0n) is 18.1. The number of thiazole rings is 1. The average molecular weight is 495 g/mol. The minimum absolute atomic E-state index is 0.0263. The van der Waals surface area contributed by atoms with Gasteiger partial charge in [-0.3, -0.25) is 24.6 Å². The van der Waals surface area contributed by atoms with Crippen molar-refractivity contribution < 1.29 is 28.1 Å². The molecule has 0 spiro atoms. The highest BCUT2D eigenvalue weighted by Gasteiger charge is 2.45. The molecule has 2 aromatic heterocycles. The number of rotatable bonds is 4. The molecule has 0 fully saturated rings. The summed E-state index contributed by atoms with van der Waals surface area (Å²) < 4.78 is 24.4. The summed E-state index contributed by atoms with van der Waals surface area (Å²) in [5, 5.41) is 11.2. The number of esters is 1. The first kappa shape index (κ1) is 22.3. The molecule has 0 radical (unpaired) electrons. The molecule has 1 atom stereocenters. The molecule has 4 aromatic rings. The first-order valence-electron chi connectivity index (χ1n) is 10.1. The van der Waals surface area contributed by atoms with Gasteiger partial charge in [0.05, 0.1) is 34.7 Å². The number of carbonyl (C=O) groups excluding carboxylic acids is 2. The van der Waals surface area contributed by atoms with Crippen LogP contribution >= 0.6 is 11.3 Å². The third kappa shape index (κ3) is 3.46. The molecular formula is C23H14FN3O7S. The predicted molar refractivity (Wildman–Crippen MR) is 122 cm³/mol. The van der Waals surface area contributed by atoms with E-state index in [0.717, 1.165) is 23.5 Å². The number of hydrogen-bond donors (Lipinski definition) is 0. The van der Waals surface area contributed by atoms with Gasteiger partial charge in [-0.25, -0.2) is 14.2 Å². The van der Waals surface area contributed by atoms with Crippen LogP contribution in [0.1, 0.15) is 43.1 Å². The second-order valence-corrected chi connectivity index (χ2v) is 8.62. The molecule has 0 aliphatic carbocycles. The number of nitro benzene ring substituents is 1. The molecule has 10 nitrogen and oxygen atoms in total. The summed E-state index contributed by atoms with van der Waals surface area (Å²) in [5.74, 6) is -2.25.